The number of amides is 2. The van der Waals surface area contributed by atoms with E-state index in [0.29, 0.717) is 17.8 Å². The topological polar surface area (TPSA) is 71.1 Å². The average molecular weight is 303 g/mol. The van der Waals surface area contributed by atoms with Crippen LogP contribution >= 0.6 is 11.3 Å². The Morgan fingerprint density at radius 2 is 1.95 bits per heavy atom. The molecule has 2 N–H and O–H groups in total. The molecular formula is C15H17N3O2S. The standard InChI is InChI=1S/C15H17N3O2S/c1-10(19)18-13-5-3-12(4-6-13)15(20)16-8-7-14-9-17-11(2)21-14/h3-6,9H,7-8H2,1-2H3,(H,16,20)(H,18,19). The zero-order valence-electron chi connectivity index (χ0n) is 12.0. The van der Waals surface area contributed by atoms with Gasteiger partial charge < -0.3 is 10.6 Å². The molecule has 5 nitrogen and oxygen atoms in total. The second kappa shape index (κ2) is 6.99. The molecule has 0 aliphatic carbocycles. The Balaban J connectivity index is 1.84. The summed E-state index contributed by atoms with van der Waals surface area (Å²) in [6.07, 6.45) is 2.62. The maximum Gasteiger partial charge on any atom is 0.251 e. The monoisotopic (exact) mass is 303 g/mol. The molecule has 0 bridgehead atoms. The summed E-state index contributed by atoms with van der Waals surface area (Å²) >= 11 is 1.64. The van der Waals surface area contributed by atoms with Crippen molar-refractivity contribution in [3.05, 3.63) is 45.9 Å². The molecule has 0 fully saturated rings. The molecular weight excluding hydrogens is 286 g/mol. The smallest absolute Gasteiger partial charge is 0.251 e. The Morgan fingerprint density at radius 1 is 1.24 bits per heavy atom. The molecule has 2 rings (SSSR count). The van der Waals surface area contributed by atoms with Crippen LogP contribution in [0.3, 0.4) is 0 Å². The number of carbonyl (C=O) groups excluding carboxylic acids is 2. The molecule has 2 aromatic rings. The lowest BCUT2D eigenvalue weighted by Crippen LogP contribution is -2.25. The van der Waals surface area contributed by atoms with Crippen LogP contribution in [0.25, 0.3) is 0 Å². The van der Waals surface area contributed by atoms with Crippen LogP contribution in [0.1, 0.15) is 27.2 Å². The minimum atomic E-state index is -0.132. The SMILES string of the molecule is CC(=O)Nc1ccc(C(=O)NCCc2cnc(C)s2)cc1. The van der Waals surface area contributed by atoms with Crippen molar-refractivity contribution in [1.82, 2.24) is 10.3 Å². The first-order chi connectivity index (χ1) is 10.0. The molecule has 0 atom stereocenters. The van der Waals surface area contributed by atoms with E-state index in [0.717, 1.165) is 16.3 Å². The number of carbonyl (C=O) groups is 2. The predicted octanol–water partition coefficient (Wildman–Crippen LogP) is 2.38. The number of rotatable bonds is 5. The summed E-state index contributed by atoms with van der Waals surface area (Å²) in [4.78, 5) is 28.2. The van der Waals surface area contributed by atoms with E-state index in [1.807, 2.05) is 13.1 Å². The van der Waals surface area contributed by atoms with Gasteiger partial charge in [-0.15, -0.1) is 11.3 Å². The molecule has 0 spiro atoms. The molecule has 0 unspecified atom stereocenters. The molecule has 110 valence electrons. The van der Waals surface area contributed by atoms with Gasteiger partial charge in [0.15, 0.2) is 0 Å². The van der Waals surface area contributed by atoms with E-state index in [4.69, 9.17) is 0 Å². The Bertz CT molecular complexity index is 635. The summed E-state index contributed by atoms with van der Waals surface area (Å²) in [5.41, 5.74) is 1.25. The summed E-state index contributed by atoms with van der Waals surface area (Å²) in [6.45, 7) is 3.99. The Hall–Kier alpha value is -2.21. The van der Waals surface area contributed by atoms with Crippen LogP contribution in [0.2, 0.25) is 0 Å². The highest BCUT2D eigenvalue weighted by Crippen LogP contribution is 2.12. The highest BCUT2D eigenvalue weighted by molar-refractivity contribution is 7.11. The fraction of sp³-hybridized carbons (Fsp3) is 0.267. The van der Waals surface area contributed by atoms with Crippen LogP contribution in [-0.4, -0.2) is 23.3 Å². The van der Waals surface area contributed by atoms with E-state index in [2.05, 4.69) is 15.6 Å². The van der Waals surface area contributed by atoms with Crippen LogP contribution in [0.5, 0.6) is 0 Å². The quantitative estimate of drug-likeness (QED) is 0.891. The molecule has 0 saturated carbocycles. The van der Waals surface area contributed by atoms with Crippen LogP contribution in [-0.2, 0) is 11.2 Å². The fourth-order valence-electron chi connectivity index (χ4n) is 1.83. The van der Waals surface area contributed by atoms with Gasteiger partial charge in [-0.2, -0.15) is 0 Å². The van der Waals surface area contributed by atoms with E-state index >= 15 is 0 Å². The number of thiazole rings is 1. The summed E-state index contributed by atoms with van der Waals surface area (Å²) in [7, 11) is 0. The highest BCUT2D eigenvalue weighted by Gasteiger charge is 2.06. The lowest BCUT2D eigenvalue weighted by Gasteiger charge is -2.06. The predicted molar refractivity (Wildman–Crippen MR) is 83.6 cm³/mol. The van der Waals surface area contributed by atoms with Crippen molar-refractivity contribution >= 4 is 28.8 Å². The number of aromatic nitrogens is 1. The molecule has 0 aliphatic heterocycles. The largest absolute Gasteiger partial charge is 0.352 e. The van der Waals surface area contributed by atoms with Crippen molar-refractivity contribution < 1.29 is 9.59 Å². The number of aryl methyl sites for hydroxylation is 1. The van der Waals surface area contributed by atoms with E-state index < -0.39 is 0 Å². The molecule has 2 amide bonds. The zero-order valence-corrected chi connectivity index (χ0v) is 12.8. The molecule has 0 radical (unpaired) electrons. The molecule has 0 aliphatic rings. The van der Waals surface area contributed by atoms with E-state index in [9.17, 15) is 9.59 Å². The molecule has 1 aromatic heterocycles. The molecule has 1 aromatic carbocycles. The number of anilines is 1. The summed E-state index contributed by atoms with van der Waals surface area (Å²) in [5.74, 6) is -0.252. The van der Waals surface area contributed by atoms with Crippen molar-refractivity contribution in [1.29, 1.82) is 0 Å². The third-order valence-electron chi connectivity index (χ3n) is 2.79. The maximum absolute atomic E-state index is 12.0. The van der Waals surface area contributed by atoms with Gasteiger partial charge in [0.1, 0.15) is 0 Å². The Morgan fingerprint density at radius 3 is 2.52 bits per heavy atom. The van der Waals surface area contributed by atoms with Crippen molar-refractivity contribution in [2.45, 2.75) is 20.3 Å². The Labute approximate surface area is 127 Å². The van der Waals surface area contributed by atoms with Crippen LogP contribution < -0.4 is 10.6 Å². The molecule has 6 heteroatoms. The number of hydrogen-bond acceptors (Lipinski definition) is 4. The van der Waals surface area contributed by atoms with E-state index in [-0.39, 0.29) is 11.8 Å². The van der Waals surface area contributed by atoms with Crippen LogP contribution in [0.15, 0.2) is 30.5 Å². The lowest BCUT2D eigenvalue weighted by atomic mass is 10.2. The van der Waals surface area contributed by atoms with Crippen molar-refractivity contribution in [3.8, 4) is 0 Å². The summed E-state index contributed by atoms with van der Waals surface area (Å²) < 4.78 is 0. The van der Waals surface area contributed by atoms with Gasteiger partial charge in [0.2, 0.25) is 5.91 Å². The second-order valence-corrected chi connectivity index (χ2v) is 5.93. The van der Waals surface area contributed by atoms with E-state index in [1.54, 1.807) is 35.6 Å². The van der Waals surface area contributed by atoms with E-state index in [1.165, 1.54) is 6.92 Å². The second-order valence-electron chi connectivity index (χ2n) is 4.61. The zero-order chi connectivity index (χ0) is 15.2. The summed E-state index contributed by atoms with van der Waals surface area (Å²) in [6, 6.07) is 6.81. The van der Waals surface area contributed by atoms with Crippen molar-refractivity contribution in [2.75, 3.05) is 11.9 Å². The summed E-state index contributed by atoms with van der Waals surface area (Å²) in [5, 5.41) is 6.56. The molecule has 21 heavy (non-hydrogen) atoms. The number of nitrogens with one attached hydrogen (secondary N) is 2. The normalized spacial score (nSPS) is 10.2. The van der Waals surface area contributed by atoms with Crippen molar-refractivity contribution in [3.63, 3.8) is 0 Å². The van der Waals surface area contributed by atoms with Crippen LogP contribution in [0, 0.1) is 6.92 Å². The lowest BCUT2D eigenvalue weighted by molar-refractivity contribution is -0.114. The third kappa shape index (κ3) is 4.68. The van der Waals surface area contributed by atoms with Gasteiger partial charge in [-0.3, -0.25) is 9.59 Å². The number of nitrogens with zero attached hydrogens (tertiary/aromatic N) is 1. The minimum Gasteiger partial charge on any atom is -0.352 e. The fourth-order valence-corrected chi connectivity index (χ4v) is 2.62. The average Bonchev–Trinajstić information content (AvgIpc) is 2.84. The van der Waals surface area contributed by atoms with Gasteiger partial charge in [-0.1, -0.05) is 0 Å². The molecule has 0 saturated heterocycles. The van der Waals surface area contributed by atoms with Gasteiger partial charge >= 0.3 is 0 Å². The number of hydrogen-bond donors (Lipinski definition) is 2. The third-order valence-corrected chi connectivity index (χ3v) is 3.77. The van der Waals surface area contributed by atoms with Crippen LogP contribution in [0.4, 0.5) is 5.69 Å². The van der Waals surface area contributed by atoms with Crippen molar-refractivity contribution in [2.24, 2.45) is 0 Å². The Kier molecular flexibility index (Phi) is 5.05. The van der Waals surface area contributed by atoms with Gasteiger partial charge in [0.05, 0.1) is 5.01 Å². The first-order valence-electron chi connectivity index (χ1n) is 6.62. The highest BCUT2D eigenvalue weighted by atomic mass is 32.1. The van der Waals surface area contributed by atoms with Gasteiger partial charge in [-0.25, -0.2) is 4.98 Å². The van der Waals surface area contributed by atoms with Gasteiger partial charge in [0.25, 0.3) is 5.91 Å². The minimum absolute atomic E-state index is 0.120. The molecule has 1 heterocycles. The van der Waals surface area contributed by atoms with Gasteiger partial charge in [-0.05, 0) is 31.2 Å². The maximum atomic E-state index is 12.0. The first-order valence-corrected chi connectivity index (χ1v) is 7.43. The first kappa shape index (κ1) is 15.2. The number of benzene rings is 1. The van der Waals surface area contributed by atoms with Gasteiger partial charge in [0, 0.05) is 42.2 Å².